The number of nitrogens with zero attached hydrogens (tertiary/aromatic N) is 1. The van der Waals surface area contributed by atoms with Crippen molar-refractivity contribution in [2.45, 2.75) is 59.4 Å². The van der Waals surface area contributed by atoms with Gasteiger partial charge in [-0.3, -0.25) is 14.5 Å². The number of rotatable bonds is 7. The maximum atomic E-state index is 12.6. The largest absolute Gasteiger partial charge is 0.312 e. The Morgan fingerprint density at radius 3 is 2.14 bits per heavy atom. The highest BCUT2D eigenvalue weighted by atomic mass is 16.2. The highest BCUT2D eigenvalue weighted by Crippen LogP contribution is 2.44. The molecule has 1 heterocycles. The van der Waals surface area contributed by atoms with E-state index in [1.54, 1.807) is 4.90 Å². The summed E-state index contributed by atoms with van der Waals surface area (Å²) in [5.41, 5.74) is 0. The molecule has 120 valence electrons. The summed E-state index contributed by atoms with van der Waals surface area (Å²) >= 11 is 0. The van der Waals surface area contributed by atoms with E-state index in [9.17, 15) is 9.59 Å². The van der Waals surface area contributed by atoms with Gasteiger partial charge in [0, 0.05) is 12.6 Å². The molecule has 0 spiro atoms. The molecule has 4 nitrogen and oxygen atoms in total. The van der Waals surface area contributed by atoms with Crippen LogP contribution in [0.25, 0.3) is 0 Å². The fourth-order valence-electron chi connectivity index (χ4n) is 3.75. The Kier molecular flexibility index (Phi) is 5.42. The van der Waals surface area contributed by atoms with Gasteiger partial charge in [0.15, 0.2) is 0 Å². The minimum atomic E-state index is -0.0264. The van der Waals surface area contributed by atoms with Gasteiger partial charge in [-0.1, -0.05) is 34.1 Å². The van der Waals surface area contributed by atoms with E-state index >= 15 is 0 Å². The topological polar surface area (TPSA) is 49.4 Å². The molecule has 3 atom stereocenters. The average molecular weight is 294 g/mol. The van der Waals surface area contributed by atoms with Gasteiger partial charge in [0.2, 0.25) is 11.8 Å². The normalized spacial score (nSPS) is 30.3. The van der Waals surface area contributed by atoms with Gasteiger partial charge in [-0.2, -0.15) is 0 Å². The summed E-state index contributed by atoms with van der Waals surface area (Å²) in [5, 5.41) is 3.48. The molecule has 1 aliphatic heterocycles. The minimum absolute atomic E-state index is 0.0264. The number of carbonyl (C=O) groups is 2. The lowest BCUT2D eigenvalue weighted by Gasteiger charge is -2.27. The molecule has 4 heteroatoms. The van der Waals surface area contributed by atoms with Crippen LogP contribution in [0.2, 0.25) is 0 Å². The molecule has 0 bridgehead atoms. The Balaban J connectivity index is 2.01. The first kappa shape index (κ1) is 16.5. The van der Waals surface area contributed by atoms with Gasteiger partial charge in [0.1, 0.15) is 0 Å². The van der Waals surface area contributed by atoms with Crippen LogP contribution in [0, 0.1) is 23.7 Å². The highest BCUT2D eigenvalue weighted by Gasteiger charge is 2.52. The van der Waals surface area contributed by atoms with Crippen LogP contribution in [0.4, 0.5) is 0 Å². The quantitative estimate of drug-likeness (QED) is 0.734. The number of imide groups is 1. The molecule has 1 saturated heterocycles. The molecular weight excluding hydrogens is 264 g/mol. The summed E-state index contributed by atoms with van der Waals surface area (Å²) in [6, 6.07) is 0.207. The van der Waals surface area contributed by atoms with Crippen molar-refractivity contribution >= 4 is 11.8 Å². The molecule has 0 radical (unpaired) electrons. The van der Waals surface area contributed by atoms with E-state index in [4.69, 9.17) is 0 Å². The highest BCUT2D eigenvalue weighted by molar-refractivity contribution is 6.05. The van der Waals surface area contributed by atoms with Crippen LogP contribution in [-0.4, -0.2) is 35.8 Å². The van der Waals surface area contributed by atoms with Crippen molar-refractivity contribution in [1.29, 1.82) is 0 Å². The summed E-state index contributed by atoms with van der Waals surface area (Å²) in [6.07, 6.45) is 3.97. The Bertz CT molecular complexity index is 370. The second-order valence-electron chi connectivity index (χ2n) is 7.05. The van der Waals surface area contributed by atoms with Gasteiger partial charge in [-0.25, -0.2) is 0 Å². The van der Waals surface area contributed by atoms with E-state index < -0.39 is 0 Å². The molecule has 21 heavy (non-hydrogen) atoms. The van der Waals surface area contributed by atoms with Crippen molar-refractivity contribution in [2.75, 3.05) is 13.1 Å². The molecule has 2 rings (SSSR count). The van der Waals surface area contributed by atoms with Gasteiger partial charge in [0.05, 0.1) is 11.8 Å². The molecule has 1 aliphatic carbocycles. The van der Waals surface area contributed by atoms with Crippen molar-refractivity contribution < 1.29 is 9.59 Å². The molecule has 0 aromatic heterocycles. The van der Waals surface area contributed by atoms with Crippen molar-refractivity contribution in [3.05, 3.63) is 0 Å². The average Bonchev–Trinajstić information content (AvgIpc) is 2.97. The summed E-state index contributed by atoms with van der Waals surface area (Å²) < 4.78 is 0. The molecule has 2 amide bonds. The summed E-state index contributed by atoms with van der Waals surface area (Å²) in [4.78, 5) is 26.7. The number of amides is 2. The fraction of sp³-hybridized carbons (Fsp3) is 0.882. The van der Waals surface area contributed by atoms with E-state index in [0.29, 0.717) is 18.4 Å². The summed E-state index contributed by atoms with van der Waals surface area (Å²) in [5.74, 6) is 1.10. The Morgan fingerprint density at radius 1 is 1.14 bits per heavy atom. The third-order valence-electron chi connectivity index (χ3n) is 5.24. The van der Waals surface area contributed by atoms with E-state index in [-0.39, 0.29) is 29.7 Å². The molecule has 3 unspecified atom stereocenters. The predicted molar refractivity (Wildman–Crippen MR) is 83.6 cm³/mol. The predicted octanol–water partition coefficient (Wildman–Crippen LogP) is 2.43. The zero-order valence-corrected chi connectivity index (χ0v) is 13.9. The number of hydrogen-bond acceptors (Lipinski definition) is 3. The van der Waals surface area contributed by atoms with E-state index in [2.05, 4.69) is 33.0 Å². The van der Waals surface area contributed by atoms with Crippen LogP contribution in [-0.2, 0) is 9.59 Å². The van der Waals surface area contributed by atoms with Gasteiger partial charge >= 0.3 is 0 Å². The van der Waals surface area contributed by atoms with E-state index in [0.717, 1.165) is 32.2 Å². The first-order valence-electron chi connectivity index (χ1n) is 8.58. The molecule has 1 N–H and O–H groups in total. The first-order chi connectivity index (χ1) is 9.99. The smallest absolute Gasteiger partial charge is 0.233 e. The molecule has 0 aromatic carbocycles. The lowest BCUT2D eigenvalue weighted by Crippen LogP contribution is -2.47. The van der Waals surface area contributed by atoms with Crippen LogP contribution in [0.1, 0.15) is 53.4 Å². The number of likely N-dealkylation sites (tertiary alicyclic amines) is 1. The molecule has 0 aromatic rings. The standard InChI is InChI=1S/C17H30N2O2/c1-5-7-18-15(11(3)4)10-19-16(20)13-8-12(6-2)9-14(13)17(19)21/h11-15,18H,5-10H2,1-4H3. The van der Waals surface area contributed by atoms with Crippen LogP contribution >= 0.6 is 0 Å². The fourth-order valence-corrected chi connectivity index (χ4v) is 3.75. The Morgan fingerprint density at radius 2 is 1.71 bits per heavy atom. The Labute approximate surface area is 128 Å². The molecule has 1 saturated carbocycles. The summed E-state index contributed by atoms with van der Waals surface area (Å²) in [7, 11) is 0. The van der Waals surface area contributed by atoms with Gasteiger partial charge in [-0.05, 0) is 37.6 Å². The van der Waals surface area contributed by atoms with Gasteiger partial charge in [0.25, 0.3) is 0 Å². The van der Waals surface area contributed by atoms with Crippen LogP contribution < -0.4 is 5.32 Å². The maximum absolute atomic E-state index is 12.6. The first-order valence-corrected chi connectivity index (χ1v) is 8.58. The third kappa shape index (κ3) is 3.31. The number of nitrogens with one attached hydrogen (secondary N) is 1. The van der Waals surface area contributed by atoms with E-state index in [1.165, 1.54) is 0 Å². The molecule has 2 aliphatic rings. The SMILES string of the molecule is CCCNC(CN1C(=O)C2CC(CC)CC2C1=O)C(C)C. The van der Waals surface area contributed by atoms with Crippen LogP contribution in [0.15, 0.2) is 0 Å². The number of fused-ring (bicyclic) bond motifs is 1. The second-order valence-corrected chi connectivity index (χ2v) is 7.05. The molecule has 2 fully saturated rings. The summed E-state index contributed by atoms with van der Waals surface area (Å²) in [6.45, 7) is 10.1. The van der Waals surface area contributed by atoms with Crippen LogP contribution in [0.5, 0.6) is 0 Å². The maximum Gasteiger partial charge on any atom is 0.233 e. The van der Waals surface area contributed by atoms with Crippen molar-refractivity contribution in [1.82, 2.24) is 10.2 Å². The lowest BCUT2D eigenvalue weighted by atomic mass is 10.00. The van der Waals surface area contributed by atoms with Gasteiger partial charge in [-0.15, -0.1) is 0 Å². The van der Waals surface area contributed by atoms with Crippen molar-refractivity contribution in [3.63, 3.8) is 0 Å². The number of hydrogen-bond donors (Lipinski definition) is 1. The third-order valence-corrected chi connectivity index (χ3v) is 5.24. The van der Waals surface area contributed by atoms with Crippen molar-refractivity contribution in [3.8, 4) is 0 Å². The van der Waals surface area contributed by atoms with Gasteiger partial charge < -0.3 is 5.32 Å². The Hall–Kier alpha value is -0.900. The minimum Gasteiger partial charge on any atom is -0.312 e. The zero-order valence-electron chi connectivity index (χ0n) is 13.9. The zero-order chi connectivity index (χ0) is 15.6. The van der Waals surface area contributed by atoms with Crippen LogP contribution in [0.3, 0.4) is 0 Å². The monoisotopic (exact) mass is 294 g/mol. The van der Waals surface area contributed by atoms with E-state index in [1.807, 2.05) is 0 Å². The lowest BCUT2D eigenvalue weighted by molar-refractivity contribution is -0.141. The molecular formula is C17H30N2O2. The van der Waals surface area contributed by atoms with Crippen molar-refractivity contribution in [2.24, 2.45) is 23.7 Å². The number of carbonyl (C=O) groups excluding carboxylic acids is 2. The second kappa shape index (κ2) is 6.91.